The van der Waals surface area contributed by atoms with Crippen LogP contribution < -0.4 is 20.5 Å². The Hall–Kier alpha value is -3.39. The number of hydrogen-bond donors (Lipinski definition) is 2. The van der Waals surface area contributed by atoms with Gasteiger partial charge in [0, 0.05) is 31.0 Å². The Kier molecular flexibility index (Phi) is 5.90. The summed E-state index contributed by atoms with van der Waals surface area (Å²) in [7, 11) is 3.15. The Labute approximate surface area is 161 Å². The van der Waals surface area contributed by atoms with Crippen molar-refractivity contribution >= 4 is 11.6 Å². The molecule has 0 saturated carbocycles. The number of hydrogen-bond acceptors (Lipinski definition) is 5. The summed E-state index contributed by atoms with van der Waals surface area (Å²) < 4.78 is 26.7. The number of nitrogens with zero attached hydrogens (tertiary/aromatic N) is 2. The number of aryl methyl sites for hydroxylation is 1. The van der Waals surface area contributed by atoms with E-state index in [0.717, 1.165) is 11.3 Å². The number of rotatable bonds is 7. The fourth-order valence-electron chi connectivity index (χ4n) is 2.78. The molecule has 0 radical (unpaired) electrons. The molecule has 1 heterocycles. The van der Waals surface area contributed by atoms with Gasteiger partial charge in [-0.15, -0.1) is 0 Å². The average molecular weight is 384 g/mol. The molecule has 3 N–H and O–H groups in total. The van der Waals surface area contributed by atoms with Crippen LogP contribution >= 0.6 is 0 Å². The van der Waals surface area contributed by atoms with E-state index < -0.39 is 11.7 Å². The second-order valence-corrected chi connectivity index (χ2v) is 5.96. The van der Waals surface area contributed by atoms with Gasteiger partial charge in [0.25, 0.3) is 5.91 Å². The number of carbonyl (C=O) groups excluding carboxylic acids is 1. The predicted molar refractivity (Wildman–Crippen MR) is 104 cm³/mol. The lowest BCUT2D eigenvalue weighted by Crippen LogP contribution is -2.15. The van der Waals surface area contributed by atoms with Crippen LogP contribution in [0.15, 0.2) is 48.7 Å². The van der Waals surface area contributed by atoms with E-state index >= 15 is 0 Å². The fourth-order valence-corrected chi connectivity index (χ4v) is 2.78. The van der Waals surface area contributed by atoms with Crippen molar-refractivity contribution in [1.29, 1.82) is 0 Å². The second-order valence-electron chi connectivity index (χ2n) is 5.96. The van der Waals surface area contributed by atoms with Gasteiger partial charge < -0.3 is 20.5 Å². The van der Waals surface area contributed by atoms with Crippen LogP contribution in [-0.2, 0) is 7.05 Å². The van der Waals surface area contributed by atoms with E-state index in [-0.39, 0.29) is 11.3 Å². The van der Waals surface area contributed by atoms with Crippen molar-refractivity contribution in [2.75, 3.05) is 25.6 Å². The Bertz CT molecular complexity index is 987. The highest BCUT2D eigenvalue weighted by molar-refractivity contribution is 6.05. The quantitative estimate of drug-likeness (QED) is 0.654. The van der Waals surface area contributed by atoms with Gasteiger partial charge in [-0.05, 0) is 36.4 Å². The van der Waals surface area contributed by atoms with Crippen LogP contribution in [0.5, 0.6) is 11.5 Å². The van der Waals surface area contributed by atoms with Crippen molar-refractivity contribution in [3.05, 3.63) is 60.0 Å². The van der Waals surface area contributed by atoms with E-state index in [9.17, 15) is 9.18 Å². The first-order valence-corrected chi connectivity index (χ1v) is 8.64. The molecule has 0 atom stereocenters. The van der Waals surface area contributed by atoms with Gasteiger partial charge in [-0.1, -0.05) is 6.07 Å². The zero-order valence-electron chi connectivity index (χ0n) is 15.6. The average Bonchev–Trinajstić information content (AvgIpc) is 3.12. The highest BCUT2D eigenvalue weighted by Crippen LogP contribution is 2.32. The van der Waals surface area contributed by atoms with Crippen molar-refractivity contribution in [2.24, 2.45) is 12.8 Å². The lowest BCUT2D eigenvalue weighted by atomic mass is 10.1. The monoisotopic (exact) mass is 384 g/mol. The van der Waals surface area contributed by atoms with E-state index in [0.29, 0.717) is 24.6 Å². The molecule has 2 aromatic carbocycles. The number of aromatic nitrogens is 2. The standard InChI is InChI=1S/C20H21FN4O3/c1-25-16(8-10-23-25)15-12-13(6-7-17(15)28-11-9-22)24-20(26)14-4-3-5-18(27-2)19(14)21/h3-8,10,12H,9,11,22H2,1-2H3,(H,24,26). The molecule has 0 aliphatic carbocycles. The van der Waals surface area contributed by atoms with Gasteiger partial charge in [0.15, 0.2) is 11.6 Å². The number of halogens is 1. The molecule has 0 fully saturated rings. The third-order valence-corrected chi connectivity index (χ3v) is 4.14. The first-order chi connectivity index (χ1) is 13.5. The number of benzene rings is 2. The maximum atomic E-state index is 14.4. The molecule has 0 bridgehead atoms. The third-order valence-electron chi connectivity index (χ3n) is 4.14. The van der Waals surface area contributed by atoms with E-state index in [1.807, 2.05) is 6.07 Å². The molecule has 3 rings (SSSR count). The number of anilines is 1. The van der Waals surface area contributed by atoms with Gasteiger partial charge in [-0.25, -0.2) is 4.39 Å². The minimum absolute atomic E-state index is 0.00811. The third kappa shape index (κ3) is 3.96. The van der Waals surface area contributed by atoms with Crippen molar-refractivity contribution in [3.8, 4) is 22.8 Å². The highest BCUT2D eigenvalue weighted by atomic mass is 19.1. The Morgan fingerprint density at radius 2 is 2.07 bits per heavy atom. The normalized spacial score (nSPS) is 10.6. The largest absolute Gasteiger partial charge is 0.494 e. The number of ether oxygens (including phenoxy) is 2. The summed E-state index contributed by atoms with van der Waals surface area (Å²) in [5.74, 6) is -0.673. The minimum Gasteiger partial charge on any atom is -0.494 e. The molecule has 1 aromatic heterocycles. The number of amides is 1. The molecule has 0 saturated heterocycles. The summed E-state index contributed by atoms with van der Waals surface area (Å²) in [6.07, 6.45) is 1.67. The van der Waals surface area contributed by atoms with Crippen molar-refractivity contribution in [3.63, 3.8) is 0 Å². The lowest BCUT2D eigenvalue weighted by Gasteiger charge is -2.14. The summed E-state index contributed by atoms with van der Waals surface area (Å²) >= 11 is 0. The summed E-state index contributed by atoms with van der Waals surface area (Å²) in [6.45, 7) is 0.726. The topological polar surface area (TPSA) is 91.4 Å². The molecule has 0 aliphatic rings. The SMILES string of the molecule is COc1cccc(C(=O)Nc2ccc(OCCN)c(-c3ccnn3C)c2)c1F. The summed E-state index contributed by atoms with van der Waals surface area (Å²) in [5.41, 5.74) is 7.45. The molecule has 7 nitrogen and oxygen atoms in total. The maximum absolute atomic E-state index is 14.4. The fraction of sp³-hybridized carbons (Fsp3) is 0.200. The van der Waals surface area contributed by atoms with Crippen LogP contribution in [0.2, 0.25) is 0 Å². The molecule has 146 valence electrons. The van der Waals surface area contributed by atoms with E-state index in [1.54, 1.807) is 42.2 Å². The first-order valence-electron chi connectivity index (χ1n) is 8.64. The van der Waals surface area contributed by atoms with Crippen molar-refractivity contribution in [1.82, 2.24) is 9.78 Å². The molecular weight excluding hydrogens is 363 g/mol. The second kappa shape index (κ2) is 8.53. The molecule has 0 spiro atoms. The Morgan fingerprint density at radius 3 is 2.75 bits per heavy atom. The van der Waals surface area contributed by atoms with Gasteiger partial charge in [0.2, 0.25) is 0 Å². The van der Waals surface area contributed by atoms with Crippen LogP contribution in [0.25, 0.3) is 11.3 Å². The molecular formula is C20H21FN4O3. The van der Waals surface area contributed by atoms with Gasteiger partial charge in [-0.2, -0.15) is 5.10 Å². The Balaban J connectivity index is 1.93. The van der Waals surface area contributed by atoms with Crippen LogP contribution in [0.1, 0.15) is 10.4 Å². The maximum Gasteiger partial charge on any atom is 0.258 e. The summed E-state index contributed by atoms with van der Waals surface area (Å²) in [5, 5.41) is 6.88. The lowest BCUT2D eigenvalue weighted by molar-refractivity contribution is 0.102. The number of nitrogens with one attached hydrogen (secondary N) is 1. The zero-order valence-corrected chi connectivity index (χ0v) is 15.6. The molecule has 0 unspecified atom stereocenters. The number of carbonyl (C=O) groups is 1. The van der Waals surface area contributed by atoms with E-state index in [4.69, 9.17) is 15.2 Å². The van der Waals surface area contributed by atoms with Crippen molar-refractivity contribution in [2.45, 2.75) is 0 Å². The molecule has 3 aromatic rings. The zero-order chi connectivity index (χ0) is 20.1. The number of nitrogens with two attached hydrogens (primary N) is 1. The molecule has 8 heteroatoms. The smallest absolute Gasteiger partial charge is 0.258 e. The van der Waals surface area contributed by atoms with E-state index in [1.165, 1.54) is 19.2 Å². The van der Waals surface area contributed by atoms with Crippen LogP contribution in [-0.4, -0.2) is 35.9 Å². The van der Waals surface area contributed by atoms with Crippen molar-refractivity contribution < 1.29 is 18.7 Å². The van der Waals surface area contributed by atoms with Gasteiger partial charge in [0.05, 0.1) is 18.4 Å². The van der Waals surface area contributed by atoms with Gasteiger partial charge in [0.1, 0.15) is 12.4 Å². The Morgan fingerprint density at radius 1 is 1.25 bits per heavy atom. The highest BCUT2D eigenvalue weighted by Gasteiger charge is 2.17. The van der Waals surface area contributed by atoms with Gasteiger partial charge >= 0.3 is 0 Å². The predicted octanol–water partition coefficient (Wildman–Crippen LogP) is 2.82. The van der Waals surface area contributed by atoms with Crippen LogP contribution in [0, 0.1) is 5.82 Å². The molecule has 1 amide bonds. The van der Waals surface area contributed by atoms with Crippen LogP contribution in [0.3, 0.4) is 0 Å². The summed E-state index contributed by atoms with van der Waals surface area (Å²) in [6, 6.07) is 11.4. The minimum atomic E-state index is -0.711. The van der Waals surface area contributed by atoms with Gasteiger partial charge in [-0.3, -0.25) is 9.48 Å². The van der Waals surface area contributed by atoms with E-state index in [2.05, 4.69) is 10.4 Å². The first kappa shape index (κ1) is 19.4. The molecule has 28 heavy (non-hydrogen) atoms. The number of methoxy groups -OCH3 is 1. The molecule has 0 aliphatic heterocycles. The van der Waals surface area contributed by atoms with Crippen LogP contribution in [0.4, 0.5) is 10.1 Å². The summed E-state index contributed by atoms with van der Waals surface area (Å²) in [4.78, 5) is 12.6.